The van der Waals surface area contributed by atoms with E-state index in [1.807, 2.05) is 25.1 Å². The van der Waals surface area contributed by atoms with Gasteiger partial charge in [-0.1, -0.05) is 24.3 Å². The SMILES string of the molecule is CCOc1ccccc1C1CNc2cc(C)cc(C)c2O1. The first kappa shape index (κ1) is 13.8. The van der Waals surface area contributed by atoms with Gasteiger partial charge in [0.15, 0.2) is 0 Å². The molecule has 2 aromatic rings. The molecule has 0 saturated heterocycles. The van der Waals surface area contributed by atoms with Crippen molar-refractivity contribution >= 4 is 5.69 Å². The van der Waals surface area contributed by atoms with E-state index in [4.69, 9.17) is 9.47 Å². The Morgan fingerprint density at radius 2 is 2.05 bits per heavy atom. The van der Waals surface area contributed by atoms with Crippen molar-refractivity contribution in [3.05, 3.63) is 53.1 Å². The van der Waals surface area contributed by atoms with Crippen LogP contribution in [-0.2, 0) is 0 Å². The summed E-state index contributed by atoms with van der Waals surface area (Å²) in [6.07, 6.45) is -0.0262. The molecule has 2 aromatic carbocycles. The molecule has 1 N–H and O–H groups in total. The molecule has 110 valence electrons. The fraction of sp³-hybridized carbons (Fsp3) is 0.333. The molecule has 1 aliphatic rings. The first-order chi connectivity index (χ1) is 10.2. The van der Waals surface area contributed by atoms with E-state index in [1.165, 1.54) is 5.56 Å². The molecule has 1 aliphatic heterocycles. The highest BCUT2D eigenvalue weighted by Crippen LogP contribution is 2.39. The lowest BCUT2D eigenvalue weighted by atomic mass is 10.0. The zero-order valence-corrected chi connectivity index (χ0v) is 12.8. The summed E-state index contributed by atoms with van der Waals surface area (Å²) in [7, 11) is 0. The summed E-state index contributed by atoms with van der Waals surface area (Å²) >= 11 is 0. The second kappa shape index (κ2) is 5.68. The minimum absolute atomic E-state index is 0.0262. The van der Waals surface area contributed by atoms with E-state index in [0.717, 1.165) is 34.9 Å². The molecule has 0 radical (unpaired) electrons. The third-order valence-electron chi connectivity index (χ3n) is 3.72. The Labute approximate surface area is 125 Å². The fourth-order valence-electron chi connectivity index (χ4n) is 2.84. The lowest BCUT2D eigenvalue weighted by Gasteiger charge is -2.30. The maximum Gasteiger partial charge on any atom is 0.146 e. The third kappa shape index (κ3) is 2.68. The Bertz CT molecular complexity index is 652. The van der Waals surface area contributed by atoms with Crippen LogP contribution in [0.15, 0.2) is 36.4 Å². The number of hydrogen-bond donors (Lipinski definition) is 1. The molecule has 1 atom stereocenters. The summed E-state index contributed by atoms with van der Waals surface area (Å²) in [4.78, 5) is 0. The third-order valence-corrected chi connectivity index (χ3v) is 3.72. The predicted molar refractivity (Wildman–Crippen MR) is 85.4 cm³/mol. The number of aryl methyl sites for hydroxylation is 2. The number of ether oxygens (including phenoxy) is 2. The normalized spacial score (nSPS) is 16.6. The Morgan fingerprint density at radius 1 is 1.24 bits per heavy atom. The highest BCUT2D eigenvalue weighted by molar-refractivity contribution is 5.63. The summed E-state index contributed by atoms with van der Waals surface area (Å²) in [5.41, 5.74) is 4.58. The molecule has 0 aliphatic carbocycles. The van der Waals surface area contributed by atoms with Crippen molar-refractivity contribution in [3.63, 3.8) is 0 Å². The van der Waals surface area contributed by atoms with Crippen LogP contribution in [0.5, 0.6) is 11.5 Å². The molecule has 0 spiro atoms. The van der Waals surface area contributed by atoms with E-state index >= 15 is 0 Å². The van der Waals surface area contributed by atoms with Crippen molar-refractivity contribution < 1.29 is 9.47 Å². The number of rotatable bonds is 3. The first-order valence-corrected chi connectivity index (χ1v) is 7.42. The molecule has 0 aromatic heterocycles. The van der Waals surface area contributed by atoms with Crippen LogP contribution in [0.1, 0.15) is 29.7 Å². The summed E-state index contributed by atoms with van der Waals surface area (Å²) in [5.74, 6) is 1.85. The van der Waals surface area contributed by atoms with Crippen molar-refractivity contribution in [2.45, 2.75) is 26.9 Å². The van der Waals surface area contributed by atoms with Gasteiger partial charge in [-0.3, -0.25) is 0 Å². The standard InChI is InChI=1S/C18H21NO2/c1-4-20-16-8-6-5-7-14(16)17-11-19-15-10-12(2)9-13(3)18(15)21-17/h5-10,17,19H,4,11H2,1-3H3. The maximum atomic E-state index is 6.25. The molecule has 1 unspecified atom stereocenters. The Kier molecular flexibility index (Phi) is 3.74. The van der Waals surface area contributed by atoms with Crippen molar-refractivity contribution in [3.8, 4) is 11.5 Å². The summed E-state index contributed by atoms with van der Waals surface area (Å²) in [6, 6.07) is 12.4. The molecule has 0 saturated carbocycles. The average Bonchev–Trinajstić information content (AvgIpc) is 2.48. The molecule has 1 heterocycles. The molecular formula is C18H21NO2. The van der Waals surface area contributed by atoms with E-state index in [1.54, 1.807) is 0 Å². The number of fused-ring (bicyclic) bond motifs is 1. The number of benzene rings is 2. The van der Waals surface area contributed by atoms with Gasteiger partial charge in [-0.05, 0) is 44.0 Å². The molecule has 3 heteroatoms. The zero-order valence-electron chi connectivity index (χ0n) is 12.8. The molecule has 0 bridgehead atoms. The molecule has 0 amide bonds. The van der Waals surface area contributed by atoms with Gasteiger partial charge < -0.3 is 14.8 Å². The van der Waals surface area contributed by atoms with E-state index < -0.39 is 0 Å². The van der Waals surface area contributed by atoms with Crippen LogP contribution >= 0.6 is 0 Å². The highest BCUT2D eigenvalue weighted by Gasteiger charge is 2.24. The van der Waals surface area contributed by atoms with Gasteiger partial charge in [0, 0.05) is 5.56 Å². The molecule has 3 rings (SSSR count). The Balaban J connectivity index is 1.93. The lowest BCUT2D eigenvalue weighted by Crippen LogP contribution is -2.24. The molecule has 3 nitrogen and oxygen atoms in total. The number of hydrogen-bond acceptors (Lipinski definition) is 3. The maximum absolute atomic E-state index is 6.25. The van der Waals surface area contributed by atoms with Crippen LogP contribution in [0, 0.1) is 13.8 Å². The van der Waals surface area contributed by atoms with E-state index in [9.17, 15) is 0 Å². The van der Waals surface area contributed by atoms with Gasteiger partial charge >= 0.3 is 0 Å². The van der Waals surface area contributed by atoms with Gasteiger partial charge in [0.1, 0.15) is 17.6 Å². The zero-order chi connectivity index (χ0) is 14.8. The smallest absolute Gasteiger partial charge is 0.146 e. The van der Waals surface area contributed by atoms with Crippen molar-refractivity contribution in [2.75, 3.05) is 18.5 Å². The minimum atomic E-state index is -0.0262. The number of anilines is 1. The minimum Gasteiger partial charge on any atom is -0.493 e. The van der Waals surface area contributed by atoms with Gasteiger partial charge in [-0.15, -0.1) is 0 Å². The summed E-state index contributed by atoms with van der Waals surface area (Å²) in [6.45, 7) is 7.60. The second-order valence-electron chi connectivity index (χ2n) is 5.42. The second-order valence-corrected chi connectivity index (χ2v) is 5.42. The van der Waals surface area contributed by atoms with Crippen molar-refractivity contribution in [1.29, 1.82) is 0 Å². The number of nitrogens with one attached hydrogen (secondary N) is 1. The molecular weight excluding hydrogens is 262 g/mol. The largest absolute Gasteiger partial charge is 0.493 e. The van der Waals surface area contributed by atoms with Gasteiger partial charge in [-0.25, -0.2) is 0 Å². The first-order valence-electron chi connectivity index (χ1n) is 7.42. The van der Waals surface area contributed by atoms with Gasteiger partial charge in [0.05, 0.1) is 18.8 Å². The van der Waals surface area contributed by atoms with Crippen LogP contribution in [0.2, 0.25) is 0 Å². The highest BCUT2D eigenvalue weighted by atomic mass is 16.5. The van der Waals surface area contributed by atoms with Crippen LogP contribution < -0.4 is 14.8 Å². The van der Waals surface area contributed by atoms with Crippen molar-refractivity contribution in [1.82, 2.24) is 0 Å². The van der Waals surface area contributed by atoms with Crippen LogP contribution in [0.4, 0.5) is 5.69 Å². The van der Waals surface area contributed by atoms with Gasteiger partial charge in [0.2, 0.25) is 0 Å². The average molecular weight is 283 g/mol. The van der Waals surface area contributed by atoms with Crippen molar-refractivity contribution in [2.24, 2.45) is 0 Å². The topological polar surface area (TPSA) is 30.5 Å². The summed E-state index contributed by atoms with van der Waals surface area (Å²) < 4.78 is 12.0. The number of para-hydroxylation sites is 1. The van der Waals surface area contributed by atoms with E-state index in [2.05, 4.69) is 37.4 Å². The van der Waals surface area contributed by atoms with Crippen LogP contribution in [-0.4, -0.2) is 13.2 Å². The van der Waals surface area contributed by atoms with Crippen LogP contribution in [0.3, 0.4) is 0 Å². The fourth-order valence-corrected chi connectivity index (χ4v) is 2.84. The van der Waals surface area contributed by atoms with Gasteiger partial charge in [0.25, 0.3) is 0 Å². The molecule has 21 heavy (non-hydrogen) atoms. The van der Waals surface area contributed by atoms with E-state index in [0.29, 0.717) is 6.61 Å². The van der Waals surface area contributed by atoms with Crippen LogP contribution in [0.25, 0.3) is 0 Å². The van der Waals surface area contributed by atoms with Gasteiger partial charge in [-0.2, -0.15) is 0 Å². The predicted octanol–water partition coefficient (Wildman–Crippen LogP) is 4.25. The summed E-state index contributed by atoms with van der Waals surface area (Å²) in [5, 5.41) is 3.48. The Hall–Kier alpha value is -2.16. The Morgan fingerprint density at radius 3 is 2.86 bits per heavy atom. The quantitative estimate of drug-likeness (QED) is 0.913. The lowest BCUT2D eigenvalue weighted by molar-refractivity contribution is 0.201. The molecule has 0 fully saturated rings. The monoisotopic (exact) mass is 283 g/mol. The van der Waals surface area contributed by atoms with E-state index in [-0.39, 0.29) is 6.10 Å².